The van der Waals surface area contributed by atoms with Crippen molar-refractivity contribution in [3.63, 3.8) is 0 Å². The minimum absolute atomic E-state index is 0.0246. The highest BCUT2D eigenvalue weighted by atomic mass is 32.9. The standard InChI is InChI=1S/C51H66N8O11P2S3Si2/c1-50(2,3)76(7,8)69-41-37-26-63-71(62,73)67-40-36(27-64-72(74,75)68-42(41)48(66-37)59-30-56-39-34(52-28-55-46(39)59)24-35(60)31-18-13-11-14-19-31)65-49(43(40)70-77(9,10)51(4,5)6)58-25-33-22-17-23-57(44-38(33)45(58)54-29-53-44)47(61)32-20-15-12-16-21-32/h11-16,18-21,25,28-30,36-37,40-43,48-49H,17,22-24,26-27H2,1-10H3,(H,62,73)(H,74,75)/t36-,37-,40-,41-,42-,43-,48-,49-,71?/m1/s1. The second-order valence-electron chi connectivity index (χ2n) is 23.0. The summed E-state index contributed by atoms with van der Waals surface area (Å²) in [5.41, 5.74) is 0.0893. The van der Waals surface area contributed by atoms with Crippen LogP contribution < -0.4 is 4.90 Å². The second kappa shape index (κ2) is 21.4. The van der Waals surface area contributed by atoms with Gasteiger partial charge < -0.3 is 41.4 Å². The molecule has 8 heterocycles. The molecule has 3 saturated heterocycles. The lowest BCUT2D eigenvalue weighted by Gasteiger charge is -2.41. The van der Waals surface area contributed by atoms with Crippen LogP contribution in [0.5, 0.6) is 0 Å². The van der Waals surface area contributed by atoms with Gasteiger partial charge >= 0.3 is 6.72 Å². The quantitative estimate of drug-likeness (QED) is 0.0566. The summed E-state index contributed by atoms with van der Waals surface area (Å²) in [6.07, 6.45) is -0.158. The molecule has 1 N–H and O–H groups in total. The Balaban J connectivity index is 1.03. The molecule has 1 amide bonds. The Hall–Kier alpha value is -3.53. The number of aromatic nitrogens is 7. The fraction of sp³-hybridized carbons (Fsp3) is 0.510. The Kier molecular flexibility index (Phi) is 15.8. The molecule has 10 atom stereocenters. The van der Waals surface area contributed by atoms with Crippen molar-refractivity contribution in [1.82, 2.24) is 34.1 Å². The average molecular weight is 1180 g/mol. The smallest absolute Gasteiger partial charge is 0.325 e. The first kappa shape index (κ1) is 56.7. The molecule has 0 spiro atoms. The van der Waals surface area contributed by atoms with Gasteiger partial charge in [0.1, 0.15) is 66.3 Å². The van der Waals surface area contributed by atoms with Crippen molar-refractivity contribution in [2.24, 2.45) is 0 Å². The Bertz CT molecular complexity index is 3290. The number of amides is 1. The molecule has 2 aromatic carbocycles. The van der Waals surface area contributed by atoms with Crippen LogP contribution in [0.15, 0.2) is 85.8 Å². The van der Waals surface area contributed by atoms with E-state index >= 15 is 0 Å². The number of hydrogen-bond acceptors (Lipinski definition) is 17. The number of imidazole rings is 1. The molecule has 19 nitrogen and oxygen atoms in total. The second-order valence-corrected chi connectivity index (χ2v) is 40.5. The van der Waals surface area contributed by atoms with Gasteiger partial charge in [-0.05, 0) is 90.4 Å². The highest BCUT2D eigenvalue weighted by molar-refractivity contribution is 8.60. The molecule has 2 bridgehead atoms. The number of thiol groups is 1. The predicted octanol–water partition coefficient (Wildman–Crippen LogP) is 10.1. The Labute approximate surface area is 465 Å². The maximum atomic E-state index is 14.1. The average Bonchev–Trinajstić information content (AvgIpc) is 4.23. The van der Waals surface area contributed by atoms with E-state index in [-0.39, 0.29) is 41.4 Å². The maximum Gasteiger partial charge on any atom is 0.325 e. The molecule has 4 aliphatic rings. The summed E-state index contributed by atoms with van der Waals surface area (Å²) in [4.78, 5) is 65.0. The summed E-state index contributed by atoms with van der Waals surface area (Å²) in [7, 11) is -5.38. The first-order chi connectivity index (χ1) is 36.2. The highest BCUT2D eigenvalue weighted by Crippen LogP contribution is 2.60. The molecule has 0 aliphatic carbocycles. The van der Waals surface area contributed by atoms with Crippen molar-refractivity contribution in [3.8, 4) is 0 Å². The molecule has 0 saturated carbocycles. The lowest BCUT2D eigenvalue weighted by atomic mass is 10.1. The van der Waals surface area contributed by atoms with Gasteiger partial charge in [0.05, 0.1) is 37.0 Å². The van der Waals surface area contributed by atoms with E-state index < -0.39 is 78.1 Å². The van der Waals surface area contributed by atoms with E-state index in [2.05, 4.69) is 77.7 Å². The molecule has 4 aliphatic heterocycles. The molecule has 26 heteroatoms. The van der Waals surface area contributed by atoms with Crippen LogP contribution in [0.4, 0.5) is 5.82 Å². The van der Waals surface area contributed by atoms with Gasteiger partial charge in [-0.1, -0.05) is 102 Å². The third-order valence-electron chi connectivity index (χ3n) is 15.8. The zero-order valence-corrected chi connectivity index (χ0v) is 51.0. The van der Waals surface area contributed by atoms with Gasteiger partial charge in [0.15, 0.2) is 40.5 Å². The number of carbonyl (C=O) groups excluding carboxylic acids is 2. The van der Waals surface area contributed by atoms with Gasteiger partial charge in [0.25, 0.3) is 5.91 Å². The molecule has 6 aromatic rings. The van der Waals surface area contributed by atoms with Crippen molar-refractivity contribution in [1.29, 1.82) is 0 Å². The number of rotatable bonds is 10. The van der Waals surface area contributed by atoms with Gasteiger partial charge in [-0.3, -0.25) is 23.6 Å². The van der Waals surface area contributed by atoms with Crippen LogP contribution in [0, 0.1) is 0 Å². The summed E-state index contributed by atoms with van der Waals surface area (Å²) >= 11 is 17.2. The number of ketones is 1. The Morgan fingerprint density at radius 3 is 2.04 bits per heavy atom. The van der Waals surface area contributed by atoms with E-state index in [9.17, 15) is 14.5 Å². The first-order valence-corrected chi connectivity index (χ1v) is 37.9. The number of benzene rings is 2. The van der Waals surface area contributed by atoms with Crippen LogP contribution in [-0.4, -0.2) is 124 Å². The number of carbonyl (C=O) groups is 2. The fourth-order valence-electron chi connectivity index (χ4n) is 9.67. The molecule has 10 rings (SSSR count). The molecule has 412 valence electrons. The minimum atomic E-state index is -4.24. The molecule has 0 radical (unpaired) electrons. The molecule has 77 heavy (non-hydrogen) atoms. The molecular formula is C51H66N8O11P2S3Si2. The van der Waals surface area contributed by atoms with Gasteiger partial charge in [-0.2, -0.15) is 0 Å². The highest BCUT2D eigenvalue weighted by Gasteiger charge is 2.57. The lowest BCUT2D eigenvalue weighted by Crippen LogP contribution is -2.50. The van der Waals surface area contributed by atoms with E-state index in [1.54, 1.807) is 40.1 Å². The van der Waals surface area contributed by atoms with Crippen molar-refractivity contribution in [3.05, 3.63) is 108 Å². The molecular weight excluding hydrogens is 1110 g/mol. The first-order valence-electron chi connectivity index (χ1n) is 25.7. The van der Waals surface area contributed by atoms with E-state index in [0.29, 0.717) is 64.2 Å². The third kappa shape index (κ3) is 11.4. The van der Waals surface area contributed by atoms with Crippen LogP contribution in [0.25, 0.3) is 22.2 Å². The van der Waals surface area contributed by atoms with Crippen molar-refractivity contribution in [2.75, 3.05) is 24.7 Å². The SMILES string of the molecule is CC(C)(C)[Si](C)(C)O[C@@H]1[C@@H]2OP(O)(=S)OC[C@H]3O[C@@H](n4cnc5c(CC(=O)c6ccccc6)ncnc54)[C@H](OP(=S)(S)OC[C@H]2O[C@H]1n1cc2c4c(ncnc41)N(C(=O)c1ccccc1)CCC2)[C@@H]3O[Si](C)(C)C(C)(C)C. The van der Waals surface area contributed by atoms with Crippen LogP contribution in [-0.2, 0) is 72.9 Å². The molecule has 2 unspecified atom stereocenters. The van der Waals surface area contributed by atoms with E-state index in [1.807, 2.05) is 47.2 Å². The summed E-state index contributed by atoms with van der Waals surface area (Å²) in [6, 6.07) is 18.1. The van der Waals surface area contributed by atoms with Gasteiger partial charge in [-0.25, -0.2) is 24.9 Å². The van der Waals surface area contributed by atoms with Crippen molar-refractivity contribution in [2.45, 2.75) is 146 Å². The molecule has 3 fully saturated rings. The monoisotopic (exact) mass is 1180 g/mol. The third-order valence-corrected chi connectivity index (χ3v) is 28.5. The number of Topliss-reactive ketones (excluding diaryl/α,β-unsaturated/α-hetero) is 1. The van der Waals surface area contributed by atoms with Gasteiger partial charge in [0.2, 0.25) is 5.69 Å². The minimum Gasteiger partial charge on any atom is -0.408 e. The van der Waals surface area contributed by atoms with Crippen LogP contribution in [0.1, 0.15) is 92.4 Å². The summed E-state index contributed by atoms with van der Waals surface area (Å²) in [5.74, 6) is 0.187. The number of fused-ring (bicyclic) bond motifs is 4. The molecule has 4 aromatic heterocycles. The predicted molar refractivity (Wildman–Crippen MR) is 307 cm³/mol. The van der Waals surface area contributed by atoms with E-state index in [0.717, 1.165) is 5.56 Å². The van der Waals surface area contributed by atoms with Gasteiger partial charge in [0, 0.05) is 23.9 Å². The maximum absolute atomic E-state index is 14.1. The van der Waals surface area contributed by atoms with Crippen LogP contribution in [0.2, 0.25) is 36.3 Å². The van der Waals surface area contributed by atoms with Gasteiger partial charge in [-0.15, -0.1) is 0 Å². The number of aryl methyl sites for hydroxylation is 1. The zero-order chi connectivity index (χ0) is 55.0. The number of anilines is 1. The van der Waals surface area contributed by atoms with E-state index in [1.165, 1.54) is 12.7 Å². The topological polar surface area (TPSA) is 206 Å². The number of nitrogens with zero attached hydrogens (tertiary/aromatic N) is 8. The normalized spacial score (nSPS) is 28.6. The number of hydrogen-bond donors (Lipinski definition) is 2. The fourth-order valence-corrected chi connectivity index (χ4v) is 15.7. The summed E-state index contributed by atoms with van der Waals surface area (Å²) < 4.78 is 58.9. The zero-order valence-electron chi connectivity index (χ0n) is 44.7. The summed E-state index contributed by atoms with van der Waals surface area (Å²) in [5, 5.41) is 0.154. The van der Waals surface area contributed by atoms with Crippen molar-refractivity contribution < 1.29 is 50.9 Å². The van der Waals surface area contributed by atoms with Crippen molar-refractivity contribution >= 4 is 105 Å². The number of ether oxygens (including phenoxy) is 2. The largest absolute Gasteiger partial charge is 0.408 e. The lowest BCUT2D eigenvalue weighted by molar-refractivity contribution is -0.0564. The Morgan fingerprint density at radius 1 is 0.753 bits per heavy atom. The van der Waals surface area contributed by atoms with E-state index in [4.69, 9.17) is 87.2 Å². The summed E-state index contributed by atoms with van der Waals surface area (Å²) in [6.45, 7) is 16.9. The van der Waals surface area contributed by atoms with Crippen LogP contribution in [0.3, 0.4) is 0 Å². The Morgan fingerprint density at radius 2 is 1.36 bits per heavy atom. The van der Waals surface area contributed by atoms with Crippen LogP contribution >= 0.6 is 24.7 Å².